The Labute approximate surface area is 131 Å². The third-order valence-electron chi connectivity index (χ3n) is 2.89. The molecule has 0 fully saturated rings. The van der Waals surface area contributed by atoms with Crippen molar-refractivity contribution in [2.75, 3.05) is 6.54 Å². The second-order valence-corrected chi connectivity index (χ2v) is 6.31. The molecule has 7 nitrogen and oxygen atoms in total. The minimum atomic E-state index is -1.03. The standard InChI is InChI=1S/C15H28N2O5/c1-6-7-11(13(19)20)17-12(18)10(2)8-9-16-14(21)22-15(3,4)5/h10-11H,6-9H2,1-5H3,(H,16,21)(H,17,18)(H,19,20)/t10?,11-/m1/s1. The SMILES string of the molecule is CCC[C@@H](NC(=O)C(C)CCNC(=O)OC(C)(C)C)C(=O)O. The Morgan fingerprint density at radius 2 is 1.77 bits per heavy atom. The number of amides is 2. The van der Waals surface area contributed by atoms with Gasteiger partial charge in [-0.2, -0.15) is 0 Å². The molecule has 0 saturated heterocycles. The largest absolute Gasteiger partial charge is 0.480 e. The molecule has 0 radical (unpaired) electrons. The number of hydrogen-bond donors (Lipinski definition) is 3. The quantitative estimate of drug-likeness (QED) is 0.634. The van der Waals surface area contributed by atoms with E-state index in [1.165, 1.54) is 0 Å². The second-order valence-electron chi connectivity index (χ2n) is 6.31. The average Bonchev–Trinajstić information content (AvgIpc) is 2.35. The first-order valence-corrected chi connectivity index (χ1v) is 7.56. The van der Waals surface area contributed by atoms with Crippen molar-refractivity contribution < 1.29 is 24.2 Å². The van der Waals surface area contributed by atoms with Gasteiger partial charge in [0.2, 0.25) is 5.91 Å². The number of carboxylic acid groups (broad SMARTS) is 1. The van der Waals surface area contributed by atoms with Crippen molar-refractivity contribution in [1.82, 2.24) is 10.6 Å². The Balaban J connectivity index is 4.15. The minimum absolute atomic E-state index is 0.287. The normalized spacial score (nSPS) is 13.9. The van der Waals surface area contributed by atoms with Gasteiger partial charge in [0.25, 0.3) is 0 Å². The van der Waals surface area contributed by atoms with Crippen LogP contribution in [0.25, 0.3) is 0 Å². The Morgan fingerprint density at radius 1 is 1.18 bits per heavy atom. The molecule has 0 bridgehead atoms. The smallest absolute Gasteiger partial charge is 0.407 e. The van der Waals surface area contributed by atoms with Gasteiger partial charge in [-0.15, -0.1) is 0 Å². The van der Waals surface area contributed by atoms with E-state index in [4.69, 9.17) is 9.84 Å². The molecule has 2 amide bonds. The van der Waals surface area contributed by atoms with E-state index in [-0.39, 0.29) is 12.5 Å². The molecule has 0 saturated carbocycles. The summed E-state index contributed by atoms with van der Waals surface area (Å²) in [4.78, 5) is 34.4. The van der Waals surface area contributed by atoms with Crippen LogP contribution in [0.2, 0.25) is 0 Å². The first-order valence-electron chi connectivity index (χ1n) is 7.56. The van der Waals surface area contributed by atoms with Gasteiger partial charge in [0, 0.05) is 12.5 Å². The molecule has 0 aromatic heterocycles. The summed E-state index contributed by atoms with van der Waals surface area (Å²) in [6, 6.07) is -0.862. The van der Waals surface area contributed by atoms with Gasteiger partial charge in [-0.05, 0) is 33.6 Å². The number of nitrogens with one attached hydrogen (secondary N) is 2. The van der Waals surface area contributed by atoms with Crippen LogP contribution in [-0.4, -0.2) is 41.3 Å². The Kier molecular flexibility index (Phi) is 8.52. The number of aliphatic carboxylic acids is 1. The maximum Gasteiger partial charge on any atom is 0.407 e. The predicted molar refractivity (Wildman–Crippen MR) is 82.5 cm³/mol. The fraction of sp³-hybridized carbons (Fsp3) is 0.800. The minimum Gasteiger partial charge on any atom is -0.480 e. The van der Waals surface area contributed by atoms with E-state index in [2.05, 4.69) is 10.6 Å². The van der Waals surface area contributed by atoms with Gasteiger partial charge < -0.3 is 20.5 Å². The molecule has 2 atom stereocenters. The van der Waals surface area contributed by atoms with Crippen LogP contribution in [-0.2, 0) is 14.3 Å². The fourth-order valence-corrected chi connectivity index (χ4v) is 1.70. The summed E-state index contributed by atoms with van der Waals surface area (Å²) in [5.74, 6) is -1.75. The van der Waals surface area contributed by atoms with Crippen molar-refractivity contribution in [2.24, 2.45) is 5.92 Å². The number of alkyl carbamates (subject to hydrolysis) is 1. The maximum atomic E-state index is 11.9. The van der Waals surface area contributed by atoms with Crippen LogP contribution < -0.4 is 10.6 Å². The molecule has 0 rings (SSSR count). The van der Waals surface area contributed by atoms with Gasteiger partial charge in [-0.3, -0.25) is 4.79 Å². The van der Waals surface area contributed by atoms with Crippen molar-refractivity contribution in [1.29, 1.82) is 0 Å². The number of carbonyl (C=O) groups excluding carboxylic acids is 2. The monoisotopic (exact) mass is 316 g/mol. The number of carbonyl (C=O) groups is 3. The summed E-state index contributed by atoms with van der Waals surface area (Å²) < 4.78 is 5.08. The summed E-state index contributed by atoms with van der Waals surface area (Å²) in [6.45, 7) is 9.13. The van der Waals surface area contributed by atoms with Crippen molar-refractivity contribution in [3.8, 4) is 0 Å². The molecule has 128 valence electrons. The third kappa shape index (κ3) is 9.20. The number of carboxylic acids is 1. The summed E-state index contributed by atoms with van der Waals surface area (Å²) in [5.41, 5.74) is -0.568. The number of ether oxygens (including phenoxy) is 1. The molecule has 0 aliphatic rings. The summed E-state index contributed by atoms with van der Waals surface area (Å²) in [6.07, 6.45) is 0.939. The number of hydrogen-bond acceptors (Lipinski definition) is 4. The van der Waals surface area contributed by atoms with Crippen LogP contribution >= 0.6 is 0 Å². The van der Waals surface area contributed by atoms with Crippen LogP contribution in [0.15, 0.2) is 0 Å². The third-order valence-corrected chi connectivity index (χ3v) is 2.89. The lowest BCUT2D eigenvalue weighted by atomic mass is 10.1. The average molecular weight is 316 g/mol. The summed E-state index contributed by atoms with van der Waals surface area (Å²) >= 11 is 0. The molecule has 7 heteroatoms. The van der Waals surface area contributed by atoms with Crippen LogP contribution in [0, 0.1) is 5.92 Å². The summed E-state index contributed by atoms with van der Waals surface area (Å²) in [7, 11) is 0. The van der Waals surface area contributed by atoms with Gasteiger partial charge in [0.15, 0.2) is 0 Å². The zero-order valence-electron chi connectivity index (χ0n) is 14.1. The molecule has 0 spiro atoms. The zero-order valence-corrected chi connectivity index (χ0v) is 14.1. The lowest BCUT2D eigenvalue weighted by molar-refractivity contribution is -0.142. The van der Waals surface area contributed by atoms with Gasteiger partial charge in [0.1, 0.15) is 11.6 Å². The first-order chi connectivity index (χ1) is 10.1. The predicted octanol–water partition coefficient (Wildman–Crippen LogP) is 1.91. The van der Waals surface area contributed by atoms with Crippen molar-refractivity contribution in [3.63, 3.8) is 0 Å². The van der Waals surface area contributed by atoms with Crippen LogP contribution in [0.4, 0.5) is 4.79 Å². The highest BCUT2D eigenvalue weighted by molar-refractivity contribution is 5.84. The van der Waals surface area contributed by atoms with Crippen LogP contribution in [0.3, 0.4) is 0 Å². The lowest BCUT2D eigenvalue weighted by Gasteiger charge is -2.20. The molecular formula is C15H28N2O5. The highest BCUT2D eigenvalue weighted by Crippen LogP contribution is 2.07. The molecule has 0 aliphatic heterocycles. The maximum absolute atomic E-state index is 11.9. The van der Waals surface area contributed by atoms with E-state index in [9.17, 15) is 14.4 Å². The Morgan fingerprint density at radius 3 is 2.23 bits per heavy atom. The lowest BCUT2D eigenvalue weighted by Crippen LogP contribution is -2.43. The van der Waals surface area contributed by atoms with Crippen LogP contribution in [0.1, 0.15) is 53.9 Å². The molecule has 0 aromatic rings. The van der Waals surface area contributed by atoms with E-state index < -0.39 is 29.6 Å². The van der Waals surface area contributed by atoms with Crippen LogP contribution in [0.5, 0.6) is 0 Å². The highest BCUT2D eigenvalue weighted by Gasteiger charge is 2.22. The van der Waals surface area contributed by atoms with Crippen molar-refractivity contribution in [2.45, 2.75) is 65.5 Å². The molecule has 0 heterocycles. The van der Waals surface area contributed by atoms with Crippen molar-refractivity contribution in [3.05, 3.63) is 0 Å². The zero-order chi connectivity index (χ0) is 17.3. The summed E-state index contributed by atoms with van der Waals surface area (Å²) in [5, 5.41) is 14.1. The fourth-order valence-electron chi connectivity index (χ4n) is 1.70. The topological polar surface area (TPSA) is 105 Å². The van der Waals surface area contributed by atoms with Crippen molar-refractivity contribution >= 4 is 18.0 Å². The highest BCUT2D eigenvalue weighted by atomic mass is 16.6. The number of rotatable bonds is 8. The molecule has 0 aliphatic carbocycles. The molecule has 1 unspecified atom stereocenters. The van der Waals surface area contributed by atoms with E-state index in [0.29, 0.717) is 19.3 Å². The molecule has 3 N–H and O–H groups in total. The Bertz CT molecular complexity index is 390. The van der Waals surface area contributed by atoms with E-state index in [0.717, 1.165) is 0 Å². The Hall–Kier alpha value is -1.79. The van der Waals surface area contributed by atoms with E-state index >= 15 is 0 Å². The van der Waals surface area contributed by atoms with Gasteiger partial charge in [-0.1, -0.05) is 20.3 Å². The molecular weight excluding hydrogens is 288 g/mol. The van der Waals surface area contributed by atoms with E-state index in [1.54, 1.807) is 27.7 Å². The van der Waals surface area contributed by atoms with E-state index in [1.807, 2.05) is 6.92 Å². The second kappa shape index (κ2) is 9.27. The first kappa shape index (κ1) is 20.2. The van der Waals surface area contributed by atoms with Gasteiger partial charge in [-0.25, -0.2) is 9.59 Å². The van der Waals surface area contributed by atoms with Gasteiger partial charge in [0.05, 0.1) is 0 Å². The molecule has 22 heavy (non-hydrogen) atoms. The van der Waals surface area contributed by atoms with Gasteiger partial charge >= 0.3 is 12.1 Å². The molecule has 0 aromatic carbocycles.